The van der Waals surface area contributed by atoms with Gasteiger partial charge in [-0.25, -0.2) is 9.59 Å². The number of carbonyl (C=O) groups is 1. The van der Waals surface area contributed by atoms with Crippen LogP contribution in [0.3, 0.4) is 0 Å². The smallest absolute Gasteiger partial charge is 0.417 e. The molecule has 90 valence electrons. The van der Waals surface area contributed by atoms with Gasteiger partial charge in [0.05, 0.1) is 5.52 Å². The minimum Gasteiger partial charge on any atom is -0.475 e. The average Bonchev–Trinajstić information content (AvgIpc) is 2.91. The van der Waals surface area contributed by atoms with Gasteiger partial charge in [0.25, 0.3) is 0 Å². The third-order valence-corrected chi connectivity index (χ3v) is 2.44. The molecule has 2 aromatic heterocycles. The maximum atomic E-state index is 11.0. The summed E-state index contributed by atoms with van der Waals surface area (Å²) in [6.45, 7) is 0. The van der Waals surface area contributed by atoms with E-state index < -0.39 is 11.7 Å². The molecule has 0 aliphatic rings. The van der Waals surface area contributed by atoms with Crippen LogP contribution >= 0.6 is 0 Å². The van der Waals surface area contributed by atoms with Crippen LogP contribution in [0.2, 0.25) is 0 Å². The first-order valence-corrected chi connectivity index (χ1v) is 4.97. The second-order valence-corrected chi connectivity index (χ2v) is 3.61. The van der Waals surface area contributed by atoms with E-state index in [-0.39, 0.29) is 5.76 Å². The van der Waals surface area contributed by atoms with Crippen molar-refractivity contribution in [1.29, 1.82) is 0 Å². The molecule has 0 saturated heterocycles. The highest BCUT2D eigenvalue weighted by Crippen LogP contribution is 2.22. The van der Waals surface area contributed by atoms with Crippen LogP contribution in [0.15, 0.2) is 38.0 Å². The van der Waals surface area contributed by atoms with Crippen LogP contribution in [0.25, 0.3) is 22.4 Å². The van der Waals surface area contributed by atoms with Crippen molar-refractivity contribution in [1.82, 2.24) is 10.1 Å². The molecule has 0 radical (unpaired) electrons. The lowest BCUT2D eigenvalue weighted by molar-refractivity contribution is 0.0652. The molecule has 0 spiro atoms. The number of fused-ring (bicyclic) bond motifs is 1. The first kappa shape index (κ1) is 10.3. The van der Waals surface area contributed by atoms with E-state index in [1.807, 2.05) is 0 Å². The maximum absolute atomic E-state index is 11.0. The zero-order valence-corrected chi connectivity index (χ0v) is 8.84. The summed E-state index contributed by atoms with van der Waals surface area (Å²) in [6, 6.07) is 6.19. The van der Waals surface area contributed by atoms with Crippen LogP contribution in [0.5, 0.6) is 0 Å². The Morgan fingerprint density at radius 1 is 1.33 bits per heavy atom. The van der Waals surface area contributed by atoms with Crippen LogP contribution in [0.4, 0.5) is 0 Å². The number of oxazole rings is 1. The summed E-state index contributed by atoms with van der Waals surface area (Å²) >= 11 is 0. The molecule has 0 aliphatic heterocycles. The molecule has 0 fully saturated rings. The normalized spacial score (nSPS) is 10.9. The molecular weight excluding hydrogens is 240 g/mol. The number of nitrogens with one attached hydrogen (secondary N) is 1. The van der Waals surface area contributed by atoms with Crippen molar-refractivity contribution >= 4 is 17.1 Å². The van der Waals surface area contributed by atoms with Crippen LogP contribution in [0, 0.1) is 0 Å². The van der Waals surface area contributed by atoms with Gasteiger partial charge in [-0.3, -0.25) is 4.98 Å². The molecule has 0 unspecified atom stereocenters. The van der Waals surface area contributed by atoms with Gasteiger partial charge in [0, 0.05) is 11.6 Å². The zero-order valence-electron chi connectivity index (χ0n) is 8.84. The Bertz CT molecular complexity index is 795. The lowest BCUT2D eigenvalue weighted by Gasteiger charge is -1.93. The molecule has 7 nitrogen and oxygen atoms in total. The second-order valence-electron chi connectivity index (χ2n) is 3.61. The number of nitrogens with zero attached hydrogens (tertiary/aromatic N) is 1. The highest BCUT2D eigenvalue weighted by molar-refractivity contribution is 5.86. The van der Waals surface area contributed by atoms with Crippen molar-refractivity contribution in [3.8, 4) is 11.3 Å². The zero-order chi connectivity index (χ0) is 12.7. The quantitative estimate of drug-likeness (QED) is 0.708. The number of hydrogen-bond donors (Lipinski definition) is 2. The van der Waals surface area contributed by atoms with Gasteiger partial charge in [-0.05, 0) is 18.2 Å². The number of hydrogen-bond acceptors (Lipinski definition) is 5. The van der Waals surface area contributed by atoms with Gasteiger partial charge in [0.1, 0.15) is 5.69 Å². The Balaban J connectivity index is 2.12. The molecule has 18 heavy (non-hydrogen) atoms. The average molecular weight is 246 g/mol. The predicted octanol–water partition coefficient (Wildman–Crippen LogP) is 1.47. The van der Waals surface area contributed by atoms with E-state index in [0.29, 0.717) is 22.4 Å². The second kappa shape index (κ2) is 3.59. The molecule has 2 N–H and O–H groups in total. The molecule has 3 aromatic rings. The standard InChI is InChI=1S/C11H6N2O5/c14-10(15)9-4-6(13-18-9)5-1-2-8-7(3-5)12-11(16)17-8/h1-4H,(H,12,16)(H,14,15). The SMILES string of the molecule is O=C(O)c1cc(-c2ccc3oc(=O)[nH]c3c2)no1. The molecule has 3 rings (SSSR count). The van der Waals surface area contributed by atoms with E-state index in [2.05, 4.69) is 14.7 Å². The minimum atomic E-state index is -1.19. The van der Waals surface area contributed by atoms with Crippen molar-refractivity contribution < 1.29 is 18.8 Å². The third-order valence-electron chi connectivity index (χ3n) is 2.44. The molecule has 0 atom stereocenters. The van der Waals surface area contributed by atoms with Crippen molar-refractivity contribution in [2.45, 2.75) is 0 Å². The van der Waals surface area contributed by atoms with E-state index in [4.69, 9.17) is 9.52 Å². The first-order valence-electron chi connectivity index (χ1n) is 4.97. The summed E-state index contributed by atoms with van der Waals surface area (Å²) in [5.41, 5.74) is 1.93. The topological polar surface area (TPSA) is 109 Å². The molecule has 0 aliphatic carbocycles. The number of aromatic carboxylic acids is 1. The highest BCUT2D eigenvalue weighted by Gasteiger charge is 2.13. The Hall–Kier alpha value is -2.83. The Morgan fingerprint density at radius 2 is 2.17 bits per heavy atom. The monoisotopic (exact) mass is 246 g/mol. The highest BCUT2D eigenvalue weighted by atomic mass is 16.5. The number of H-pyrrole nitrogens is 1. The van der Waals surface area contributed by atoms with Gasteiger partial charge >= 0.3 is 11.7 Å². The summed E-state index contributed by atoms with van der Waals surface area (Å²) in [5, 5.41) is 12.4. The van der Waals surface area contributed by atoms with Gasteiger partial charge in [0.2, 0.25) is 5.76 Å². The number of benzene rings is 1. The van der Waals surface area contributed by atoms with E-state index in [1.54, 1.807) is 18.2 Å². The van der Waals surface area contributed by atoms with Crippen LogP contribution in [-0.4, -0.2) is 21.2 Å². The van der Waals surface area contributed by atoms with E-state index in [1.165, 1.54) is 6.07 Å². The lowest BCUT2D eigenvalue weighted by atomic mass is 10.1. The van der Waals surface area contributed by atoms with Gasteiger partial charge in [-0.15, -0.1) is 0 Å². The van der Waals surface area contributed by atoms with Crippen LogP contribution in [0.1, 0.15) is 10.6 Å². The summed E-state index contributed by atoms with van der Waals surface area (Å²) < 4.78 is 9.51. The van der Waals surface area contributed by atoms with E-state index >= 15 is 0 Å². The fraction of sp³-hybridized carbons (Fsp3) is 0. The molecular formula is C11H6N2O5. The largest absolute Gasteiger partial charge is 0.475 e. The molecule has 0 amide bonds. The van der Waals surface area contributed by atoms with Crippen molar-refractivity contribution in [2.24, 2.45) is 0 Å². The Labute approximate surface area is 98.6 Å². The first-order chi connectivity index (χ1) is 8.63. The van der Waals surface area contributed by atoms with E-state index in [0.717, 1.165) is 0 Å². The van der Waals surface area contributed by atoms with Crippen LogP contribution in [-0.2, 0) is 0 Å². The van der Waals surface area contributed by atoms with Crippen LogP contribution < -0.4 is 5.76 Å². The number of carboxylic acid groups (broad SMARTS) is 1. The molecule has 0 saturated carbocycles. The summed E-state index contributed by atoms with van der Waals surface area (Å²) in [5.74, 6) is -1.98. The lowest BCUT2D eigenvalue weighted by Crippen LogP contribution is -1.92. The molecule has 7 heteroatoms. The Morgan fingerprint density at radius 3 is 2.89 bits per heavy atom. The Kier molecular flexibility index (Phi) is 2.06. The number of rotatable bonds is 2. The number of aromatic nitrogens is 2. The van der Waals surface area contributed by atoms with Gasteiger partial charge in [0.15, 0.2) is 5.58 Å². The number of aromatic amines is 1. The van der Waals surface area contributed by atoms with Gasteiger partial charge in [-0.1, -0.05) is 5.16 Å². The van der Waals surface area contributed by atoms with Gasteiger partial charge in [-0.2, -0.15) is 0 Å². The minimum absolute atomic E-state index is 0.245. The van der Waals surface area contributed by atoms with Crippen molar-refractivity contribution in [3.63, 3.8) is 0 Å². The summed E-state index contributed by atoms with van der Waals surface area (Å²) in [6.07, 6.45) is 0. The predicted molar refractivity (Wildman–Crippen MR) is 59.3 cm³/mol. The molecule has 1 aromatic carbocycles. The molecule has 0 bridgehead atoms. The molecule has 2 heterocycles. The fourth-order valence-electron chi connectivity index (χ4n) is 1.62. The van der Waals surface area contributed by atoms with Crippen molar-refractivity contribution in [3.05, 3.63) is 40.6 Å². The fourth-order valence-corrected chi connectivity index (χ4v) is 1.62. The van der Waals surface area contributed by atoms with Crippen molar-refractivity contribution in [2.75, 3.05) is 0 Å². The number of carboxylic acids is 1. The third kappa shape index (κ3) is 1.58. The maximum Gasteiger partial charge on any atom is 0.417 e. The summed E-state index contributed by atoms with van der Waals surface area (Å²) in [7, 11) is 0. The van der Waals surface area contributed by atoms with Gasteiger partial charge < -0.3 is 14.0 Å². The summed E-state index contributed by atoms with van der Waals surface area (Å²) in [4.78, 5) is 24.2. The van der Waals surface area contributed by atoms with E-state index in [9.17, 15) is 9.59 Å².